The molecule has 0 aromatic heterocycles. The van der Waals surface area contributed by atoms with Crippen molar-refractivity contribution < 1.29 is 8.42 Å². The number of nitrogens with one attached hydrogen (secondary N) is 1. The maximum atomic E-state index is 12.4. The lowest BCUT2D eigenvalue weighted by molar-refractivity contribution is 0.266. The fourth-order valence-electron chi connectivity index (χ4n) is 2.41. The highest BCUT2D eigenvalue weighted by Crippen LogP contribution is 2.23. The Morgan fingerprint density at radius 2 is 2.00 bits per heavy atom. The molecule has 0 spiro atoms. The Hall–Kier alpha value is -0.130. The molecule has 0 bridgehead atoms. The van der Waals surface area contributed by atoms with Crippen molar-refractivity contribution in [3.8, 4) is 0 Å². The van der Waals surface area contributed by atoms with Gasteiger partial charge in [0.1, 0.15) is 0 Å². The van der Waals surface area contributed by atoms with E-state index in [9.17, 15) is 8.42 Å². The van der Waals surface area contributed by atoms with Crippen LogP contribution >= 0.6 is 0 Å². The highest BCUT2D eigenvalue weighted by molar-refractivity contribution is 7.89. The quantitative estimate of drug-likeness (QED) is 0.811. The number of hydrogen-bond acceptors (Lipinski definition) is 3. The van der Waals surface area contributed by atoms with Crippen LogP contribution in [0.2, 0.25) is 0 Å². The molecule has 2 fully saturated rings. The smallest absolute Gasteiger partial charge is 0.218 e. The third-order valence-electron chi connectivity index (χ3n) is 3.85. The third kappa shape index (κ3) is 3.20. The minimum absolute atomic E-state index is 0.178. The Morgan fingerprint density at radius 3 is 2.59 bits per heavy atom. The van der Waals surface area contributed by atoms with Gasteiger partial charge in [0.2, 0.25) is 10.0 Å². The summed E-state index contributed by atoms with van der Waals surface area (Å²) in [5.41, 5.74) is 0. The molecule has 1 heterocycles. The molecule has 2 unspecified atom stereocenters. The van der Waals surface area contributed by atoms with Crippen LogP contribution in [0.3, 0.4) is 0 Å². The molecule has 2 rings (SSSR count). The Morgan fingerprint density at radius 1 is 1.29 bits per heavy atom. The molecule has 5 heteroatoms. The van der Waals surface area contributed by atoms with E-state index in [2.05, 4.69) is 5.32 Å². The first kappa shape index (κ1) is 13.3. The summed E-state index contributed by atoms with van der Waals surface area (Å²) in [4.78, 5) is 0. The zero-order chi connectivity index (χ0) is 12.5. The van der Waals surface area contributed by atoms with Crippen LogP contribution in [-0.4, -0.2) is 43.1 Å². The van der Waals surface area contributed by atoms with Gasteiger partial charge in [-0.1, -0.05) is 6.42 Å². The molecule has 0 aromatic carbocycles. The van der Waals surface area contributed by atoms with Crippen molar-refractivity contribution in [1.82, 2.24) is 9.62 Å². The molecular weight excluding hydrogens is 236 g/mol. The molecule has 0 aromatic rings. The van der Waals surface area contributed by atoms with E-state index in [1.165, 1.54) is 12.8 Å². The standard InChI is InChI=1S/C12H24N2O2S/c1-10-5-3-4-8-14(10)17(15,16)11(2)9-13-12-6-7-12/h10-13H,3-9H2,1-2H3. The average Bonchev–Trinajstić information content (AvgIpc) is 3.10. The summed E-state index contributed by atoms with van der Waals surface area (Å²) in [5.74, 6) is 0. The van der Waals surface area contributed by atoms with E-state index in [-0.39, 0.29) is 11.3 Å². The predicted octanol–water partition coefficient (Wildman–Crippen LogP) is 1.33. The molecule has 1 saturated heterocycles. The van der Waals surface area contributed by atoms with E-state index < -0.39 is 10.0 Å². The summed E-state index contributed by atoms with van der Waals surface area (Å²) < 4.78 is 26.5. The summed E-state index contributed by atoms with van der Waals surface area (Å²) in [5, 5.41) is 3.01. The van der Waals surface area contributed by atoms with Gasteiger partial charge < -0.3 is 5.32 Å². The first-order valence-electron chi connectivity index (χ1n) is 6.76. The van der Waals surface area contributed by atoms with Crippen molar-refractivity contribution in [2.45, 2.75) is 63.3 Å². The average molecular weight is 260 g/mol. The second-order valence-electron chi connectivity index (χ2n) is 5.49. The molecule has 0 amide bonds. The summed E-state index contributed by atoms with van der Waals surface area (Å²) >= 11 is 0. The lowest BCUT2D eigenvalue weighted by Crippen LogP contribution is -2.48. The van der Waals surface area contributed by atoms with E-state index in [1.807, 2.05) is 13.8 Å². The van der Waals surface area contributed by atoms with Crippen LogP contribution in [0.1, 0.15) is 46.0 Å². The van der Waals surface area contributed by atoms with Crippen LogP contribution in [0.5, 0.6) is 0 Å². The van der Waals surface area contributed by atoms with Gasteiger partial charge in [0.15, 0.2) is 0 Å². The second kappa shape index (κ2) is 5.24. The number of piperidine rings is 1. The molecule has 4 nitrogen and oxygen atoms in total. The van der Waals surface area contributed by atoms with Crippen LogP contribution in [0.15, 0.2) is 0 Å². The van der Waals surface area contributed by atoms with Gasteiger partial charge >= 0.3 is 0 Å². The summed E-state index contributed by atoms with van der Waals surface area (Å²) in [6.07, 6.45) is 5.57. The maximum absolute atomic E-state index is 12.4. The largest absolute Gasteiger partial charge is 0.313 e. The molecule has 2 atom stereocenters. The summed E-state index contributed by atoms with van der Waals surface area (Å²) in [7, 11) is -3.11. The van der Waals surface area contributed by atoms with Crippen LogP contribution in [0, 0.1) is 0 Å². The Kier molecular flexibility index (Phi) is 4.10. The summed E-state index contributed by atoms with van der Waals surface area (Å²) in [6, 6.07) is 0.753. The molecule has 1 aliphatic heterocycles. The normalized spacial score (nSPS) is 29.2. The van der Waals surface area contributed by atoms with Crippen molar-refractivity contribution >= 4 is 10.0 Å². The van der Waals surface area contributed by atoms with Gasteiger partial charge in [0, 0.05) is 25.2 Å². The Bertz CT molecular complexity index is 352. The first-order valence-corrected chi connectivity index (χ1v) is 8.26. The Labute approximate surface area is 105 Å². The molecular formula is C12H24N2O2S. The second-order valence-corrected chi connectivity index (χ2v) is 7.80. The van der Waals surface area contributed by atoms with Crippen LogP contribution in [0.4, 0.5) is 0 Å². The molecule has 0 radical (unpaired) electrons. The number of nitrogens with zero attached hydrogens (tertiary/aromatic N) is 1. The van der Waals surface area contributed by atoms with Gasteiger partial charge in [-0.2, -0.15) is 4.31 Å². The Balaban J connectivity index is 1.94. The van der Waals surface area contributed by atoms with E-state index in [1.54, 1.807) is 4.31 Å². The van der Waals surface area contributed by atoms with Gasteiger partial charge in [0.25, 0.3) is 0 Å². The fourth-order valence-corrected chi connectivity index (χ4v) is 4.17. The lowest BCUT2D eigenvalue weighted by atomic mass is 10.1. The number of hydrogen-bond donors (Lipinski definition) is 1. The lowest BCUT2D eigenvalue weighted by Gasteiger charge is -2.34. The van der Waals surface area contributed by atoms with Gasteiger partial charge in [-0.25, -0.2) is 8.42 Å². The molecule has 1 N–H and O–H groups in total. The number of rotatable bonds is 5. The molecule has 1 aliphatic carbocycles. The van der Waals surface area contributed by atoms with Gasteiger partial charge in [-0.05, 0) is 39.5 Å². The highest BCUT2D eigenvalue weighted by atomic mass is 32.2. The monoisotopic (exact) mass is 260 g/mol. The third-order valence-corrected chi connectivity index (χ3v) is 6.23. The summed E-state index contributed by atoms with van der Waals surface area (Å²) in [6.45, 7) is 5.15. The zero-order valence-electron chi connectivity index (χ0n) is 10.9. The first-order chi connectivity index (χ1) is 8.01. The highest BCUT2D eigenvalue weighted by Gasteiger charge is 2.34. The molecule has 100 valence electrons. The van der Waals surface area contributed by atoms with Crippen molar-refractivity contribution in [1.29, 1.82) is 0 Å². The fraction of sp³-hybridized carbons (Fsp3) is 1.00. The van der Waals surface area contributed by atoms with Gasteiger partial charge in [-0.15, -0.1) is 0 Å². The molecule has 17 heavy (non-hydrogen) atoms. The topological polar surface area (TPSA) is 49.4 Å². The molecule has 2 aliphatic rings. The van der Waals surface area contributed by atoms with Crippen LogP contribution < -0.4 is 5.32 Å². The van der Waals surface area contributed by atoms with E-state index in [0.29, 0.717) is 19.1 Å². The van der Waals surface area contributed by atoms with Crippen LogP contribution in [0.25, 0.3) is 0 Å². The van der Waals surface area contributed by atoms with Crippen LogP contribution in [-0.2, 0) is 10.0 Å². The van der Waals surface area contributed by atoms with Gasteiger partial charge in [-0.3, -0.25) is 0 Å². The number of sulfonamides is 1. The van der Waals surface area contributed by atoms with Gasteiger partial charge in [0.05, 0.1) is 5.25 Å². The minimum Gasteiger partial charge on any atom is -0.313 e. The van der Waals surface area contributed by atoms with Crippen molar-refractivity contribution in [2.24, 2.45) is 0 Å². The van der Waals surface area contributed by atoms with E-state index >= 15 is 0 Å². The predicted molar refractivity (Wildman–Crippen MR) is 69.4 cm³/mol. The van der Waals surface area contributed by atoms with E-state index in [4.69, 9.17) is 0 Å². The maximum Gasteiger partial charge on any atom is 0.218 e. The molecule has 1 saturated carbocycles. The SMILES string of the molecule is CC1CCCCN1S(=O)(=O)C(C)CNC1CC1. The van der Waals surface area contributed by atoms with E-state index in [0.717, 1.165) is 19.3 Å². The van der Waals surface area contributed by atoms with Crippen molar-refractivity contribution in [2.75, 3.05) is 13.1 Å². The van der Waals surface area contributed by atoms with Crippen molar-refractivity contribution in [3.63, 3.8) is 0 Å². The minimum atomic E-state index is -3.11. The zero-order valence-corrected chi connectivity index (χ0v) is 11.7. The van der Waals surface area contributed by atoms with Crippen molar-refractivity contribution in [3.05, 3.63) is 0 Å².